The fourth-order valence-corrected chi connectivity index (χ4v) is 5.44. The maximum Gasteiger partial charge on any atom is 0.292 e. The van der Waals surface area contributed by atoms with Crippen LogP contribution in [0.15, 0.2) is 82.2 Å². The number of hydrogen-bond acceptors (Lipinski definition) is 6. The van der Waals surface area contributed by atoms with Gasteiger partial charge in [0.25, 0.3) is 5.69 Å². The second-order valence-electron chi connectivity index (χ2n) is 7.64. The third-order valence-electron chi connectivity index (χ3n) is 5.56. The van der Waals surface area contributed by atoms with Crippen LogP contribution in [0, 0.1) is 10.1 Å². The number of rotatable bonds is 7. The lowest BCUT2D eigenvalue weighted by Gasteiger charge is -2.35. The van der Waals surface area contributed by atoms with Crippen molar-refractivity contribution in [3.05, 3.63) is 92.9 Å². The first kappa shape index (κ1) is 23.2. The second kappa shape index (κ2) is 9.90. The standard InChI is InChI=1S/C23H23BrN4O4S/c24-19-6-9-21(10-7-19)33(31,32)27-14-12-26(13-15-27)20-8-11-23(28(29)30)22(16-20)25-17-18-4-2-1-3-5-18/h1-11,16,25H,12-15,17H2. The highest BCUT2D eigenvalue weighted by Gasteiger charge is 2.29. The molecule has 1 saturated heterocycles. The second-order valence-corrected chi connectivity index (χ2v) is 10.5. The van der Waals surface area contributed by atoms with Gasteiger partial charge in [-0.2, -0.15) is 4.31 Å². The number of nitro benzene ring substituents is 1. The van der Waals surface area contributed by atoms with Crippen molar-refractivity contribution < 1.29 is 13.3 Å². The average molecular weight is 531 g/mol. The van der Waals surface area contributed by atoms with E-state index in [4.69, 9.17) is 0 Å². The van der Waals surface area contributed by atoms with Gasteiger partial charge in [0.05, 0.1) is 9.82 Å². The van der Waals surface area contributed by atoms with Crippen LogP contribution in [-0.4, -0.2) is 43.8 Å². The van der Waals surface area contributed by atoms with Gasteiger partial charge in [0.1, 0.15) is 5.69 Å². The van der Waals surface area contributed by atoms with Gasteiger partial charge in [-0.1, -0.05) is 46.3 Å². The summed E-state index contributed by atoms with van der Waals surface area (Å²) in [6, 6.07) is 21.2. The van der Waals surface area contributed by atoms with Gasteiger partial charge in [0.15, 0.2) is 0 Å². The molecule has 1 aliphatic heterocycles. The molecule has 1 fully saturated rings. The fourth-order valence-electron chi connectivity index (χ4n) is 3.76. The third-order valence-corrected chi connectivity index (χ3v) is 8.00. The van der Waals surface area contributed by atoms with Crippen LogP contribution in [0.3, 0.4) is 0 Å². The molecule has 1 N–H and O–H groups in total. The summed E-state index contributed by atoms with van der Waals surface area (Å²) in [6.45, 7) is 2.12. The van der Waals surface area contributed by atoms with E-state index >= 15 is 0 Å². The maximum atomic E-state index is 12.9. The van der Waals surface area contributed by atoms with Gasteiger partial charge in [-0.3, -0.25) is 10.1 Å². The monoisotopic (exact) mass is 530 g/mol. The number of piperazine rings is 1. The Bertz CT molecular complexity index is 1230. The summed E-state index contributed by atoms with van der Waals surface area (Å²) < 4.78 is 28.2. The average Bonchev–Trinajstić information content (AvgIpc) is 2.83. The number of nitrogens with zero attached hydrogens (tertiary/aromatic N) is 3. The molecule has 33 heavy (non-hydrogen) atoms. The lowest BCUT2D eigenvalue weighted by atomic mass is 10.2. The Hall–Kier alpha value is -2.95. The molecular weight excluding hydrogens is 508 g/mol. The molecule has 0 bridgehead atoms. The molecule has 0 amide bonds. The highest BCUT2D eigenvalue weighted by molar-refractivity contribution is 9.10. The molecule has 8 nitrogen and oxygen atoms in total. The minimum Gasteiger partial charge on any atom is -0.375 e. The van der Waals surface area contributed by atoms with E-state index in [1.54, 1.807) is 36.4 Å². The highest BCUT2D eigenvalue weighted by Crippen LogP contribution is 2.31. The van der Waals surface area contributed by atoms with Gasteiger partial charge in [-0.15, -0.1) is 0 Å². The minimum absolute atomic E-state index is 0.00568. The molecule has 0 atom stereocenters. The molecule has 4 rings (SSSR count). The van der Waals surface area contributed by atoms with Crippen LogP contribution in [0.1, 0.15) is 5.56 Å². The summed E-state index contributed by atoms with van der Waals surface area (Å²) in [6.07, 6.45) is 0. The normalized spacial score (nSPS) is 14.8. The molecule has 0 spiro atoms. The fraction of sp³-hybridized carbons (Fsp3) is 0.217. The van der Waals surface area contributed by atoms with Crippen LogP contribution in [0.2, 0.25) is 0 Å². The van der Waals surface area contributed by atoms with Gasteiger partial charge in [0, 0.05) is 49.0 Å². The summed E-state index contributed by atoms with van der Waals surface area (Å²) in [5, 5.41) is 14.7. The third kappa shape index (κ3) is 5.35. The summed E-state index contributed by atoms with van der Waals surface area (Å²) >= 11 is 3.32. The molecule has 172 valence electrons. The summed E-state index contributed by atoms with van der Waals surface area (Å²) in [4.78, 5) is 13.4. The van der Waals surface area contributed by atoms with Crippen LogP contribution in [0.5, 0.6) is 0 Å². The highest BCUT2D eigenvalue weighted by atomic mass is 79.9. The number of benzene rings is 3. The number of sulfonamides is 1. The predicted octanol–water partition coefficient (Wildman–Crippen LogP) is 4.48. The van der Waals surface area contributed by atoms with Crippen molar-refractivity contribution in [2.75, 3.05) is 36.4 Å². The summed E-state index contributed by atoms with van der Waals surface area (Å²) in [7, 11) is -3.57. The SMILES string of the molecule is O=[N+]([O-])c1ccc(N2CCN(S(=O)(=O)c3ccc(Br)cc3)CC2)cc1NCc1ccccc1. The lowest BCUT2D eigenvalue weighted by molar-refractivity contribution is -0.384. The number of hydrogen-bond donors (Lipinski definition) is 1. The van der Waals surface area contributed by atoms with E-state index in [0.29, 0.717) is 38.4 Å². The van der Waals surface area contributed by atoms with E-state index in [2.05, 4.69) is 21.2 Å². The zero-order valence-electron chi connectivity index (χ0n) is 17.7. The largest absolute Gasteiger partial charge is 0.375 e. The van der Waals surface area contributed by atoms with Crippen LogP contribution in [0.4, 0.5) is 17.1 Å². The van der Waals surface area contributed by atoms with Gasteiger partial charge >= 0.3 is 0 Å². The summed E-state index contributed by atoms with van der Waals surface area (Å²) in [5.41, 5.74) is 2.28. The molecule has 3 aromatic carbocycles. The molecule has 10 heteroatoms. The number of nitro groups is 1. The van der Waals surface area contributed by atoms with E-state index < -0.39 is 14.9 Å². The topological polar surface area (TPSA) is 95.8 Å². The molecular formula is C23H23BrN4O4S. The van der Waals surface area contributed by atoms with E-state index in [1.165, 1.54) is 10.4 Å². The predicted molar refractivity (Wildman–Crippen MR) is 132 cm³/mol. The van der Waals surface area contributed by atoms with Crippen molar-refractivity contribution >= 4 is 43.0 Å². The Balaban J connectivity index is 1.47. The quantitative estimate of drug-likeness (QED) is 0.357. The van der Waals surface area contributed by atoms with Crippen LogP contribution in [-0.2, 0) is 16.6 Å². The van der Waals surface area contributed by atoms with E-state index in [1.807, 2.05) is 35.2 Å². The Morgan fingerprint density at radius 1 is 0.939 bits per heavy atom. The molecule has 0 aliphatic carbocycles. The van der Waals surface area contributed by atoms with E-state index in [0.717, 1.165) is 15.7 Å². The van der Waals surface area contributed by atoms with Crippen molar-refractivity contribution in [3.8, 4) is 0 Å². The van der Waals surface area contributed by atoms with Crippen molar-refractivity contribution in [2.24, 2.45) is 0 Å². The molecule has 0 radical (unpaired) electrons. The van der Waals surface area contributed by atoms with Crippen LogP contribution >= 0.6 is 15.9 Å². The van der Waals surface area contributed by atoms with E-state index in [9.17, 15) is 18.5 Å². The van der Waals surface area contributed by atoms with Crippen molar-refractivity contribution in [3.63, 3.8) is 0 Å². The van der Waals surface area contributed by atoms with Gasteiger partial charge in [-0.25, -0.2) is 8.42 Å². The van der Waals surface area contributed by atoms with Crippen LogP contribution < -0.4 is 10.2 Å². The first-order chi connectivity index (χ1) is 15.8. The van der Waals surface area contributed by atoms with Crippen molar-refractivity contribution in [1.29, 1.82) is 0 Å². The molecule has 3 aromatic rings. The first-order valence-corrected chi connectivity index (χ1v) is 12.6. The number of nitrogens with one attached hydrogen (secondary N) is 1. The Morgan fingerprint density at radius 3 is 2.24 bits per heavy atom. The minimum atomic E-state index is -3.57. The summed E-state index contributed by atoms with van der Waals surface area (Å²) in [5.74, 6) is 0. The van der Waals surface area contributed by atoms with Gasteiger partial charge in [-0.05, 0) is 42.0 Å². The molecule has 1 aliphatic rings. The number of halogens is 1. The van der Waals surface area contributed by atoms with Crippen molar-refractivity contribution in [1.82, 2.24) is 4.31 Å². The Labute approximate surface area is 201 Å². The smallest absolute Gasteiger partial charge is 0.292 e. The molecule has 0 unspecified atom stereocenters. The van der Waals surface area contributed by atoms with E-state index in [-0.39, 0.29) is 10.6 Å². The van der Waals surface area contributed by atoms with Gasteiger partial charge in [0.2, 0.25) is 10.0 Å². The molecule has 0 saturated carbocycles. The zero-order valence-corrected chi connectivity index (χ0v) is 20.1. The van der Waals surface area contributed by atoms with Gasteiger partial charge < -0.3 is 10.2 Å². The molecule has 0 aromatic heterocycles. The lowest BCUT2D eigenvalue weighted by Crippen LogP contribution is -2.48. The zero-order chi connectivity index (χ0) is 23.4. The van der Waals surface area contributed by atoms with Crippen molar-refractivity contribution in [2.45, 2.75) is 11.4 Å². The first-order valence-electron chi connectivity index (χ1n) is 10.4. The Morgan fingerprint density at radius 2 is 1.61 bits per heavy atom. The Kier molecular flexibility index (Phi) is 6.96. The number of anilines is 2. The maximum absolute atomic E-state index is 12.9. The molecule has 1 heterocycles. The van der Waals surface area contributed by atoms with Crippen LogP contribution in [0.25, 0.3) is 0 Å².